The molecule has 0 radical (unpaired) electrons. The lowest BCUT2D eigenvalue weighted by molar-refractivity contribution is -0.119. The number of hydrogen-bond acceptors (Lipinski definition) is 3. The molecule has 0 aliphatic rings. The van der Waals surface area contributed by atoms with Gasteiger partial charge in [-0.05, 0) is 31.2 Å². The van der Waals surface area contributed by atoms with Crippen molar-refractivity contribution in [2.45, 2.75) is 20.4 Å². The largest absolute Gasteiger partial charge is 0.362 e. The third kappa shape index (κ3) is 4.73. The predicted octanol–water partition coefficient (Wildman–Crippen LogP) is 2.02. The van der Waals surface area contributed by atoms with Crippen molar-refractivity contribution < 1.29 is 4.79 Å². The van der Waals surface area contributed by atoms with E-state index in [9.17, 15) is 4.79 Å². The molecule has 0 unspecified atom stereocenters. The first kappa shape index (κ1) is 15.8. The number of anilines is 1. The fourth-order valence-electron chi connectivity index (χ4n) is 1.86. The van der Waals surface area contributed by atoms with E-state index in [4.69, 9.17) is 11.6 Å². The van der Waals surface area contributed by atoms with Crippen molar-refractivity contribution in [3.63, 3.8) is 0 Å². The minimum Gasteiger partial charge on any atom is -0.362 e. The summed E-state index contributed by atoms with van der Waals surface area (Å²) in [5, 5.41) is 6.63. The van der Waals surface area contributed by atoms with E-state index in [0.717, 1.165) is 30.9 Å². The molecule has 1 aromatic carbocycles. The van der Waals surface area contributed by atoms with Crippen molar-refractivity contribution in [2.24, 2.45) is 0 Å². The Kier molecular flexibility index (Phi) is 6.67. The molecule has 4 nitrogen and oxygen atoms in total. The van der Waals surface area contributed by atoms with Crippen molar-refractivity contribution in [3.05, 3.63) is 28.8 Å². The Bertz CT molecular complexity index is 423. The zero-order chi connectivity index (χ0) is 14.3. The van der Waals surface area contributed by atoms with Gasteiger partial charge in [0.15, 0.2) is 0 Å². The number of carbonyl (C=O) groups is 1. The molecule has 0 aliphatic carbocycles. The van der Waals surface area contributed by atoms with E-state index in [-0.39, 0.29) is 5.91 Å². The molecule has 0 aromatic heterocycles. The number of likely N-dealkylation sites (N-methyl/N-ethyl adjacent to an activating group) is 2. The van der Waals surface area contributed by atoms with Gasteiger partial charge in [0, 0.05) is 30.8 Å². The van der Waals surface area contributed by atoms with Gasteiger partial charge >= 0.3 is 0 Å². The number of nitrogens with zero attached hydrogens (tertiary/aromatic N) is 1. The molecule has 0 saturated carbocycles. The van der Waals surface area contributed by atoms with Crippen LogP contribution in [-0.2, 0) is 11.3 Å². The average molecular weight is 284 g/mol. The van der Waals surface area contributed by atoms with Crippen molar-refractivity contribution in [2.75, 3.05) is 31.6 Å². The quantitative estimate of drug-likeness (QED) is 0.805. The van der Waals surface area contributed by atoms with Crippen molar-refractivity contribution >= 4 is 23.2 Å². The monoisotopic (exact) mass is 283 g/mol. The molecule has 1 aromatic rings. The van der Waals surface area contributed by atoms with Crippen molar-refractivity contribution in [3.8, 4) is 0 Å². The van der Waals surface area contributed by atoms with Crippen LogP contribution in [0.15, 0.2) is 18.2 Å². The van der Waals surface area contributed by atoms with Crippen LogP contribution in [-0.4, -0.2) is 32.6 Å². The number of halogens is 1. The highest BCUT2D eigenvalue weighted by atomic mass is 35.5. The van der Waals surface area contributed by atoms with Gasteiger partial charge in [-0.3, -0.25) is 4.79 Å². The third-order valence-electron chi connectivity index (χ3n) is 2.95. The minimum atomic E-state index is -0.00349. The lowest BCUT2D eigenvalue weighted by Crippen LogP contribution is -2.36. The summed E-state index contributed by atoms with van der Waals surface area (Å²) in [5.41, 5.74) is 2.16. The smallest absolute Gasteiger partial charge is 0.239 e. The Morgan fingerprint density at radius 2 is 2.11 bits per heavy atom. The highest BCUT2D eigenvalue weighted by Gasteiger charge is 2.13. The molecule has 1 amide bonds. The third-order valence-corrected chi connectivity index (χ3v) is 3.18. The van der Waals surface area contributed by atoms with Gasteiger partial charge in [0.1, 0.15) is 0 Å². The minimum absolute atomic E-state index is 0.00349. The topological polar surface area (TPSA) is 44.4 Å². The van der Waals surface area contributed by atoms with Crippen LogP contribution in [0.4, 0.5) is 5.69 Å². The van der Waals surface area contributed by atoms with Gasteiger partial charge in [-0.25, -0.2) is 0 Å². The predicted molar refractivity (Wildman–Crippen MR) is 80.8 cm³/mol. The van der Waals surface area contributed by atoms with Crippen LogP contribution < -0.4 is 15.5 Å². The second kappa shape index (κ2) is 8.02. The Hall–Kier alpha value is -1.26. The molecule has 0 spiro atoms. The molecule has 0 saturated heterocycles. The number of carbonyl (C=O) groups excluding carboxylic acids is 1. The van der Waals surface area contributed by atoms with Crippen LogP contribution in [0.5, 0.6) is 0 Å². The molecule has 1 rings (SSSR count). The molecular weight excluding hydrogens is 262 g/mol. The summed E-state index contributed by atoms with van der Waals surface area (Å²) in [6.45, 7) is 6.87. The number of nitrogens with one attached hydrogen (secondary N) is 2. The van der Waals surface area contributed by atoms with Gasteiger partial charge in [-0.15, -0.1) is 0 Å². The molecule has 0 atom stereocenters. The van der Waals surface area contributed by atoms with E-state index in [1.807, 2.05) is 30.0 Å². The summed E-state index contributed by atoms with van der Waals surface area (Å²) in [7, 11) is 1.65. The van der Waals surface area contributed by atoms with Crippen LogP contribution in [0.25, 0.3) is 0 Å². The van der Waals surface area contributed by atoms with Gasteiger partial charge in [-0.1, -0.05) is 24.6 Å². The van der Waals surface area contributed by atoms with Crippen LogP contribution in [0.1, 0.15) is 19.4 Å². The van der Waals surface area contributed by atoms with E-state index < -0.39 is 0 Å². The van der Waals surface area contributed by atoms with Crippen LogP contribution in [0, 0.1) is 0 Å². The standard InChI is InChI=1S/C14H22ClN3O/c1-4-17-9-11-6-7-12(15)8-13(11)18(5-2)10-14(19)16-3/h6-8,17H,4-5,9-10H2,1-3H3,(H,16,19). The first-order valence-corrected chi connectivity index (χ1v) is 6.94. The van der Waals surface area contributed by atoms with Gasteiger partial charge in [0.25, 0.3) is 0 Å². The molecule has 0 aliphatic heterocycles. The summed E-state index contributed by atoms with van der Waals surface area (Å²) in [5.74, 6) is -0.00349. The van der Waals surface area contributed by atoms with E-state index in [1.54, 1.807) is 7.05 Å². The highest BCUT2D eigenvalue weighted by Crippen LogP contribution is 2.24. The fraction of sp³-hybridized carbons (Fsp3) is 0.500. The Morgan fingerprint density at radius 3 is 2.68 bits per heavy atom. The van der Waals surface area contributed by atoms with Crippen LogP contribution >= 0.6 is 11.6 Å². The van der Waals surface area contributed by atoms with Crippen LogP contribution in [0.3, 0.4) is 0 Å². The molecule has 0 fully saturated rings. The summed E-state index contributed by atoms with van der Waals surface area (Å²) < 4.78 is 0. The first-order chi connectivity index (χ1) is 9.12. The molecule has 106 valence electrons. The van der Waals surface area contributed by atoms with E-state index >= 15 is 0 Å². The van der Waals surface area contributed by atoms with E-state index in [2.05, 4.69) is 17.6 Å². The van der Waals surface area contributed by atoms with Crippen LogP contribution in [0.2, 0.25) is 5.02 Å². The summed E-state index contributed by atoms with van der Waals surface area (Å²) in [6, 6.07) is 5.80. The number of hydrogen-bond donors (Lipinski definition) is 2. The average Bonchev–Trinajstić information content (AvgIpc) is 2.43. The fourth-order valence-corrected chi connectivity index (χ4v) is 2.03. The van der Waals surface area contributed by atoms with E-state index in [0.29, 0.717) is 11.6 Å². The molecular formula is C14H22ClN3O. The lowest BCUT2D eigenvalue weighted by Gasteiger charge is -2.25. The molecule has 5 heteroatoms. The second-order valence-corrected chi connectivity index (χ2v) is 4.68. The number of rotatable bonds is 7. The first-order valence-electron chi connectivity index (χ1n) is 6.57. The van der Waals surface area contributed by atoms with E-state index in [1.165, 1.54) is 0 Å². The molecule has 19 heavy (non-hydrogen) atoms. The lowest BCUT2D eigenvalue weighted by atomic mass is 10.1. The summed E-state index contributed by atoms with van der Waals surface area (Å²) in [6.07, 6.45) is 0. The zero-order valence-electron chi connectivity index (χ0n) is 11.8. The maximum Gasteiger partial charge on any atom is 0.239 e. The molecule has 0 bridgehead atoms. The van der Waals surface area contributed by atoms with Gasteiger partial charge < -0.3 is 15.5 Å². The molecule has 2 N–H and O–H groups in total. The summed E-state index contributed by atoms with van der Waals surface area (Å²) in [4.78, 5) is 13.6. The SMILES string of the molecule is CCNCc1ccc(Cl)cc1N(CC)CC(=O)NC. The Balaban J connectivity index is 2.98. The Morgan fingerprint density at radius 1 is 1.37 bits per heavy atom. The van der Waals surface area contributed by atoms with Gasteiger partial charge in [-0.2, -0.15) is 0 Å². The highest BCUT2D eigenvalue weighted by molar-refractivity contribution is 6.30. The van der Waals surface area contributed by atoms with Crippen molar-refractivity contribution in [1.82, 2.24) is 10.6 Å². The zero-order valence-corrected chi connectivity index (χ0v) is 12.5. The number of amides is 1. The summed E-state index contributed by atoms with van der Waals surface area (Å²) >= 11 is 6.07. The molecule has 0 heterocycles. The Labute approximate surface area is 120 Å². The van der Waals surface area contributed by atoms with Gasteiger partial charge in [0.2, 0.25) is 5.91 Å². The maximum atomic E-state index is 11.6. The van der Waals surface area contributed by atoms with Crippen molar-refractivity contribution in [1.29, 1.82) is 0 Å². The maximum absolute atomic E-state index is 11.6. The second-order valence-electron chi connectivity index (χ2n) is 4.24. The number of benzene rings is 1. The van der Waals surface area contributed by atoms with Gasteiger partial charge in [0.05, 0.1) is 6.54 Å². The normalized spacial score (nSPS) is 10.3.